The zero-order valence-electron chi connectivity index (χ0n) is 15.9. The molecule has 3 heterocycles. The van der Waals surface area contributed by atoms with Gasteiger partial charge in [-0.2, -0.15) is 0 Å². The Bertz CT molecular complexity index is 1170. The van der Waals surface area contributed by atoms with Gasteiger partial charge in [0.2, 0.25) is 0 Å². The van der Waals surface area contributed by atoms with E-state index in [1.807, 2.05) is 19.9 Å². The van der Waals surface area contributed by atoms with Gasteiger partial charge >= 0.3 is 5.97 Å². The molecule has 7 nitrogen and oxygen atoms in total. The Balaban J connectivity index is 1.78. The first-order chi connectivity index (χ1) is 13.5. The maximum atomic E-state index is 12.9. The fourth-order valence-corrected chi connectivity index (χ4v) is 3.08. The molecule has 0 aliphatic heterocycles. The summed E-state index contributed by atoms with van der Waals surface area (Å²) in [7, 11) is 1.57. The number of rotatable bonds is 4. The van der Waals surface area contributed by atoms with Crippen LogP contribution in [0.5, 0.6) is 11.5 Å². The summed E-state index contributed by atoms with van der Waals surface area (Å²) in [6.07, 6.45) is 0. The molecule has 1 aromatic carbocycles. The minimum absolute atomic E-state index is 0.273. The molecule has 142 valence electrons. The highest BCUT2D eigenvalue weighted by atomic mass is 16.5. The Hall–Kier alpha value is -3.61. The monoisotopic (exact) mass is 378 g/mol. The van der Waals surface area contributed by atoms with Crippen LogP contribution in [0.4, 0.5) is 0 Å². The molecule has 0 unspecified atom stereocenters. The van der Waals surface area contributed by atoms with Crippen molar-refractivity contribution in [3.8, 4) is 22.8 Å². The summed E-state index contributed by atoms with van der Waals surface area (Å²) in [6, 6.07) is 10.3. The number of benzene rings is 1. The summed E-state index contributed by atoms with van der Waals surface area (Å²) < 4.78 is 21.6. The van der Waals surface area contributed by atoms with Gasteiger partial charge in [-0.15, -0.1) is 0 Å². The van der Waals surface area contributed by atoms with Crippen molar-refractivity contribution in [2.24, 2.45) is 0 Å². The SMILES string of the molecule is COc1ccc(OC(=O)c2cc(-c3cc(C)oc3C)nc3onc(C)c23)cc1. The maximum absolute atomic E-state index is 12.9. The van der Waals surface area contributed by atoms with E-state index in [0.29, 0.717) is 39.6 Å². The molecule has 0 N–H and O–H groups in total. The number of esters is 1. The highest BCUT2D eigenvalue weighted by molar-refractivity contribution is 6.05. The molecule has 28 heavy (non-hydrogen) atoms. The lowest BCUT2D eigenvalue weighted by atomic mass is 10.1. The lowest BCUT2D eigenvalue weighted by Gasteiger charge is -2.08. The molecule has 3 aromatic heterocycles. The number of hydrogen-bond donors (Lipinski definition) is 0. The molecule has 0 aliphatic rings. The van der Waals surface area contributed by atoms with Gasteiger partial charge in [-0.25, -0.2) is 9.78 Å². The smallest absolute Gasteiger partial charge is 0.344 e. The van der Waals surface area contributed by atoms with Crippen molar-refractivity contribution in [1.82, 2.24) is 10.1 Å². The third kappa shape index (κ3) is 3.11. The molecule has 0 fully saturated rings. The second-order valence-electron chi connectivity index (χ2n) is 6.40. The first-order valence-corrected chi connectivity index (χ1v) is 8.67. The number of pyridine rings is 1. The molecule has 4 rings (SSSR count). The van der Waals surface area contributed by atoms with E-state index in [2.05, 4.69) is 10.1 Å². The molecular weight excluding hydrogens is 360 g/mol. The topological polar surface area (TPSA) is 87.6 Å². The van der Waals surface area contributed by atoms with Gasteiger partial charge in [0.05, 0.1) is 29.4 Å². The van der Waals surface area contributed by atoms with Crippen LogP contribution in [0.25, 0.3) is 22.4 Å². The van der Waals surface area contributed by atoms with Crippen molar-refractivity contribution in [3.05, 3.63) is 59.2 Å². The summed E-state index contributed by atoms with van der Waals surface area (Å²) in [5.41, 5.74) is 2.50. The second-order valence-corrected chi connectivity index (χ2v) is 6.40. The van der Waals surface area contributed by atoms with Crippen LogP contribution in [-0.2, 0) is 0 Å². The number of furan rings is 1. The minimum Gasteiger partial charge on any atom is -0.497 e. The molecule has 0 bridgehead atoms. The third-order valence-electron chi connectivity index (χ3n) is 4.42. The van der Waals surface area contributed by atoms with E-state index in [1.54, 1.807) is 44.4 Å². The molecular formula is C21H18N2O5. The average Bonchev–Trinajstić information content (AvgIpc) is 3.23. The van der Waals surface area contributed by atoms with Gasteiger partial charge in [0, 0.05) is 5.56 Å². The van der Waals surface area contributed by atoms with Crippen LogP contribution < -0.4 is 9.47 Å². The van der Waals surface area contributed by atoms with Crippen LogP contribution in [0, 0.1) is 20.8 Å². The number of aromatic nitrogens is 2. The van der Waals surface area contributed by atoms with Crippen LogP contribution in [0.1, 0.15) is 27.6 Å². The minimum atomic E-state index is -0.525. The zero-order valence-corrected chi connectivity index (χ0v) is 15.9. The standard InChI is InChI=1S/C21H18N2O5/c1-11-9-16(13(3)26-11)18-10-17(19-12(2)23-28-20(19)22-18)21(24)27-15-7-5-14(25-4)6-8-15/h5-10H,1-4H3. The van der Waals surface area contributed by atoms with E-state index in [-0.39, 0.29) is 5.71 Å². The Labute approximate surface area is 160 Å². The van der Waals surface area contributed by atoms with E-state index in [9.17, 15) is 4.79 Å². The number of nitrogens with zero attached hydrogens (tertiary/aromatic N) is 2. The number of hydrogen-bond acceptors (Lipinski definition) is 7. The van der Waals surface area contributed by atoms with Gasteiger partial charge in [-0.05, 0) is 57.2 Å². The third-order valence-corrected chi connectivity index (χ3v) is 4.42. The molecule has 7 heteroatoms. The summed E-state index contributed by atoms with van der Waals surface area (Å²) in [4.78, 5) is 17.4. The zero-order chi connectivity index (χ0) is 19.8. The molecule has 0 radical (unpaired) electrons. The number of fused-ring (bicyclic) bond motifs is 1. The van der Waals surface area contributed by atoms with Crippen LogP contribution in [0.2, 0.25) is 0 Å². The Kier molecular flexibility index (Phi) is 4.35. The van der Waals surface area contributed by atoms with Gasteiger partial charge in [0.15, 0.2) is 0 Å². The molecule has 0 saturated carbocycles. The van der Waals surface area contributed by atoms with Crippen molar-refractivity contribution in [2.75, 3.05) is 7.11 Å². The van der Waals surface area contributed by atoms with Crippen molar-refractivity contribution < 1.29 is 23.2 Å². The highest BCUT2D eigenvalue weighted by Crippen LogP contribution is 2.31. The second kappa shape index (κ2) is 6.84. The normalized spacial score (nSPS) is 11.0. The Morgan fingerprint density at radius 1 is 1.04 bits per heavy atom. The fourth-order valence-electron chi connectivity index (χ4n) is 3.08. The van der Waals surface area contributed by atoms with Crippen LogP contribution in [-0.4, -0.2) is 23.2 Å². The van der Waals surface area contributed by atoms with Gasteiger partial charge in [0.1, 0.15) is 23.0 Å². The largest absolute Gasteiger partial charge is 0.497 e. The van der Waals surface area contributed by atoms with Gasteiger partial charge in [-0.1, -0.05) is 5.16 Å². The first kappa shape index (κ1) is 17.8. The lowest BCUT2D eigenvalue weighted by molar-refractivity contribution is 0.0736. The first-order valence-electron chi connectivity index (χ1n) is 8.67. The van der Waals surface area contributed by atoms with E-state index in [1.165, 1.54) is 0 Å². The van der Waals surface area contributed by atoms with E-state index in [4.69, 9.17) is 18.4 Å². The van der Waals surface area contributed by atoms with Crippen LogP contribution in [0.15, 0.2) is 45.3 Å². The maximum Gasteiger partial charge on any atom is 0.344 e. The van der Waals surface area contributed by atoms with E-state index in [0.717, 1.165) is 11.3 Å². The van der Waals surface area contributed by atoms with Gasteiger partial charge in [-0.3, -0.25) is 0 Å². The molecule has 0 aliphatic carbocycles. The van der Waals surface area contributed by atoms with Crippen molar-refractivity contribution >= 4 is 17.1 Å². The summed E-state index contributed by atoms with van der Waals surface area (Å²) in [5, 5.41) is 4.47. The number of aryl methyl sites for hydroxylation is 3. The number of methoxy groups -OCH3 is 1. The number of carbonyl (C=O) groups is 1. The Morgan fingerprint density at radius 2 is 1.75 bits per heavy atom. The van der Waals surface area contributed by atoms with E-state index < -0.39 is 5.97 Å². The number of ether oxygens (including phenoxy) is 2. The summed E-state index contributed by atoms with van der Waals surface area (Å²) in [5.74, 6) is 2.01. The predicted octanol–water partition coefficient (Wildman–Crippen LogP) is 4.64. The number of carbonyl (C=O) groups excluding carboxylic acids is 1. The molecule has 4 aromatic rings. The highest BCUT2D eigenvalue weighted by Gasteiger charge is 2.22. The average molecular weight is 378 g/mol. The molecule has 0 amide bonds. The van der Waals surface area contributed by atoms with Crippen molar-refractivity contribution in [1.29, 1.82) is 0 Å². The fraction of sp³-hybridized carbons (Fsp3) is 0.190. The predicted molar refractivity (Wildman–Crippen MR) is 102 cm³/mol. The molecule has 0 spiro atoms. The van der Waals surface area contributed by atoms with Crippen LogP contribution >= 0.6 is 0 Å². The molecule has 0 saturated heterocycles. The van der Waals surface area contributed by atoms with Gasteiger partial charge in [0.25, 0.3) is 5.71 Å². The Morgan fingerprint density at radius 3 is 2.39 bits per heavy atom. The van der Waals surface area contributed by atoms with E-state index >= 15 is 0 Å². The summed E-state index contributed by atoms with van der Waals surface area (Å²) in [6.45, 7) is 5.45. The summed E-state index contributed by atoms with van der Waals surface area (Å²) >= 11 is 0. The molecule has 0 atom stereocenters. The van der Waals surface area contributed by atoms with Crippen molar-refractivity contribution in [3.63, 3.8) is 0 Å². The lowest BCUT2D eigenvalue weighted by Crippen LogP contribution is -2.10. The van der Waals surface area contributed by atoms with Crippen LogP contribution in [0.3, 0.4) is 0 Å². The van der Waals surface area contributed by atoms with Gasteiger partial charge < -0.3 is 18.4 Å². The van der Waals surface area contributed by atoms with Crippen molar-refractivity contribution in [2.45, 2.75) is 20.8 Å². The quantitative estimate of drug-likeness (QED) is 0.378.